The van der Waals surface area contributed by atoms with E-state index >= 15 is 0 Å². The number of hydrogen-bond acceptors (Lipinski definition) is 7. The lowest BCUT2D eigenvalue weighted by atomic mass is 10.3. The first-order valence-electron chi connectivity index (χ1n) is 10.1. The Morgan fingerprint density at radius 1 is 1.17 bits per heavy atom. The van der Waals surface area contributed by atoms with Crippen LogP contribution in [0.3, 0.4) is 0 Å². The van der Waals surface area contributed by atoms with Crippen molar-refractivity contribution in [2.24, 2.45) is 0 Å². The average molecular weight is 443 g/mol. The molecule has 2 aromatic carbocycles. The summed E-state index contributed by atoms with van der Waals surface area (Å²) in [5.41, 5.74) is 1.02. The maximum Gasteiger partial charge on any atom is 0.230 e. The maximum absolute atomic E-state index is 12.1. The lowest BCUT2D eigenvalue weighted by Gasteiger charge is -2.34. The standard InChI is InChI=1S/C22H26N4O2S2/c1-28-17-7-8-19-20(15-17)30-22(24-19)26-13-11-25(12-14-26)10-9-23-21(27)16-29-18-5-3-2-4-6-18/h2-8,15H,9-14,16H2,1H3,(H,23,27). The van der Waals surface area contributed by atoms with Crippen molar-refractivity contribution in [3.8, 4) is 5.75 Å². The number of carbonyl (C=O) groups is 1. The van der Waals surface area contributed by atoms with E-state index in [1.807, 2.05) is 48.5 Å². The van der Waals surface area contributed by atoms with E-state index in [0.29, 0.717) is 12.3 Å². The van der Waals surface area contributed by atoms with E-state index in [1.54, 1.807) is 30.2 Å². The monoisotopic (exact) mass is 442 g/mol. The van der Waals surface area contributed by atoms with Crippen molar-refractivity contribution in [3.05, 3.63) is 48.5 Å². The first kappa shape index (κ1) is 21.0. The zero-order valence-electron chi connectivity index (χ0n) is 17.0. The van der Waals surface area contributed by atoms with Crippen molar-refractivity contribution in [3.63, 3.8) is 0 Å². The molecule has 1 N–H and O–H groups in total. The van der Waals surface area contributed by atoms with Gasteiger partial charge in [0.15, 0.2) is 5.13 Å². The molecule has 3 aromatic rings. The van der Waals surface area contributed by atoms with Gasteiger partial charge in [-0.2, -0.15) is 0 Å². The highest BCUT2D eigenvalue weighted by Crippen LogP contribution is 2.31. The van der Waals surface area contributed by atoms with E-state index in [0.717, 1.165) is 58.7 Å². The molecule has 4 rings (SSSR count). The Morgan fingerprint density at radius 3 is 2.73 bits per heavy atom. The Hall–Kier alpha value is -2.29. The fraction of sp³-hybridized carbons (Fsp3) is 0.364. The van der Waals surface area contributed by atoms with E-state index in [4.69, 9.17) is 9.72 Å². The van der Waals surface area contributed by atoms with Crippen molar-refractivity contribution in [1.29, 1.82) is 0 Å². The van der Waals surface area contributed by atoms with Crippen LogP contribution in [0.5, 0.6) is 5.75 Å². The minimum Gasteiger partial charge on any atom is -0.497 e. The van der Waals surface area contributed by atoms with Crippen LogP contribution in [0.15, 0.2) is 53.4 Å². The number of rotatable bonds is 8. The van der Waals surface area contributed by atoms with Gasteiger partial charge in [-0.15, -0.1) is 11.8 Å². The zero-order valence-corrected chi connectivity index (χ0v) is 18.7. The summed E-state index contributed by atoms with van der Waals surface area (Å²) in [6.07, 6.45) is 0. The molecule has 0 radical (unpaired) electrons. The van der Waals surface area contributed by atoms with Gasteiger partial charge in [-0.05, 0) is 30.3 Å². The first-order valence-corrected chi connectivity index (χ1v) is 11.9. The molecule has 0 aliphatic carbocycles. The molecule has 0 spiro atoms. The Balaban J connectivity index is 1.18. The van der Waals surface area contributed by atoms with Crippen LogP contribution in [-0.2, 0) is 4.79 Å². The fourth-order valence-corrected chi connectivity index (χ4v) is 5.18. The summed E-state index contributed by atoms with van der Waals surface area (Å²) in [7, 11) is 1.69. The first-order chi connectivity index (χ1) is 14.7. The highest BCUT2D eigenvalue weighted by molar-refractivity contribution is 8.00. The summed E-state index contributed by atoms with van der Waals surface area (Å²) in [4.78, 5) is 22.7. The van der Waals surface area contributed by atoms with Crippen LogP contribution in [0.25, 0.3) is 10.2 Å². The van der Waals surface area contributed by atoms with Crippen LogP contribution in [-0.4, -0.2) is 67.9 Å². The molecular formula is C22H26N4O2S2. The second kappa shape index (κ2) is 10.1. The normalized spacial score (nSPS) is 14.8. The van der Waals surface area contributed by atoms with Gasteiger partial charge in [0.05, 0.1) is 23.1 Å². The molecule has 0 saturated carbocycles. The van der Waals surface area contributed by atoms with Crippen LogP contribution in [0.1, 0.15) is 0 Å². The van der Waals surface area contributed by atoms with Crippen molar-refractivity contribution >= 4 is 44.4 Å². The summed E-state index contributed by atoms with van der Waals surface area (Å²) in [5, 5.41) is 4.11. The number of fused-ring (bicyclic) bond motifs is 1. The van der Waals surface area contributed by atoms with Gasteiger partial charge in [-0.1, -0.05) is 29.5 Å². The molecule has 6 nitrogen and oxygen atoms in total. The van der Waals surface area contributed by atoms with Gasteiger partial charge < -0.3 is 15.0 Å². The minimum atomic E-state index is 0.0902. The van der Waals surface area contributed by atoms with Crippen LogP contribution < -0.4 is 15.0 Å². The molecule has 1 aromatic heterocycles. The van der Waals surface area contributed by atoms with Crippen LogP contribution >= 0.6 is 23.1 Å². The Bertz CT molecular complexity index is 972. The van der Waals surface area contributed by atoms with Crippen LogP contribution in [0, 0.1) is 0 Å². The van der Waals surface area contributed by atoms with Gasteiger partial charge in [-0.3, -0.25) is 9.69 Å². The number of thiazole rings is 1. The van der Waals surface area contributed by atoms with Crippen molar-refractivity contribution in [2.45, 2.75) is 4.90 Å². The molecule has 0 atom stereocenters. The summed E-state index contributed by atoms with van der Waals surface area (Å²) in [6, 6.07) is 16.0. The van der Waals surface area contributed by atoms with E-state index in [9.17, 15) is 4.79 Å². The van der Waals surface area contributed by atoms with Crippen molar-refractivity contribution < 1.29 is 9.53 Å². The summed E-state index contributed by atoms with van der Waals surface area (Å²) in [6.45, 7) is 5.44. The minimum absolute atomic E-state index is 0.0902. The highest BCUT2D eigenvalue weighted by Gasteiger charge is 2.20. The summed E-state index contributed by atoms with van der Waals surface area (Å²) < 4.78 is 6.47. The Morgan fingerprint density at radius 2 is 1.97 bits per heavy atom. The van der Waals surface area contributed by atoms with Gasteiger partial charge >= 0.3 is 0 Å². The Labute approximate surface area is 185 Å². The van der Waals surface area contributed by atoms with Gasteiger partial charge in [-0.25, -0.2) is 4.98 Å². The number of methoxy groups -OCH3 is 1. The van der Waals surface area contributed by atoms with Gasteiger partial charge in [0.2, 0.25) is 5.91 Å². The lowest BCUT2D eigenvalue weighted by molar-refractivity contribution is -0.118. The van der Waals surface area contributed by atoms with E-state index < -0.39 is 0 Å². The molecule has 2 heterocycles. The number of piperazine rings is 1. The molecule has 0 unspecified atom stereocenters. The summed E-state index contributed by atoms with van der Waals surface area (Å²) >= 11 is 3.29. The van der Waals surface area contributed by atoms with Gasteiger partial charge in [0.25, 0.3) is 0 Å². The zero-order chi connectivity index (χ0) is 20.8. The van der Waals surface area contributed by atoms with Crippen molar-refractivity contribution in [2.75, 3.05) is 57.0 Å². The quantitative estimate of drug-likeness (QED) is 0.540. The third-order valence-electron chi connectivity index (χ3n) is 5.09. The SMILES string of the molecule is COc1ccc2nc(N3CCN(CCNC(=O)CSc4ccccc4)CC3)sc2c1. The van der Waals surface area contributed by atoms with Crippen molar-refractivity contribution in [1.82, 2.24) is 15.2 Å². The molecule has 0 bridgehead atoms. The molecule has 1 amide bonds. The number of thioether (sulfide) groups is 1. The average Bonchev–Trinajstić information content (AvgIpc) is 3.22. The lowest BCUT2D eigenvalue weighted by Crippen LogP contribution is -2.48. The third kappa shape index (κ3) is 5.44. The smallest absolute Gasteiger partial charge is 0.230 e. The number of nitrogens with one attached hydrogen (secondary N) is 1. The predicted molar refractivity (Wildman–Crippen MR) is 125 cm³/mol. The predicted octanol–water partition coefficient (Wildman–Crippen LogP) is 3.34. The topological polar surface area (TPSA) is 57.7 Å². The maximum atomic E-state index is 12.1. The van der Waals surface area contributed by atoms with E-state index in [-0.39, 0.29) is 5.91 Å². The number of carbonyl (C=O) groups excluding carboxylic acids is 1. The van der Waals surface area contributed by atoms with E-state index in [2.05, 4.69) is 15.1 Å². The molecular weight excluding hydrogens is 416 g/mol. The molecule has 158 valence electrons. The number of amides is 1. The highest BCUT2D eigenvalue weighted by atomic mass is 32.2. The number of benzene rings is 2. The van der Waals surface area contributed by atoms with Crippen LogP contribution in [0.4, 0.5) is 5.13 Å². The Kier molecular flexibility index (Phi) is 7.09. The number of hydrogen-bond donors (Lipinski definition) is 1. The molecule has 30 heavy (non-hydrogen) atoms. The molecule has 1 fully saturated rings. The number of ether oxygens (including phenoxy) is 1. The van der Waals surface area contributed by atoms with Crippen LogP contribution in [0.2, 0.25) is 0 Å². The third-order valence-corrected chi connectivity index (χ3v) is 7.18. The van der Waals surface area contributed by atoms with Gasteiger partial charge in [0.1, 0.15) is 5.75 Å². The second-order valence-corrected chi connectivity index (χ2v) is 9.17. The number of nitrogens with zero attached hydrogens (tertiary/aromatic N) is 3. The molecule has 1 aliphatic rings. The molecule has 8 heteroatoms. The number of aromatic nitrogens is 1. The molecule has 1 saturated heterocycles. The van der Waals surface area contributed by atoms with E-state index in [1.165, 1.54) is 0 Å². The fourth-order valence-electron chi connectivity index (χ4n) is 3.39. The largest absolute Gasteiger partial charge is 0.497 e. The number of anilines is 1. The van der Waals surface area contributed by atoms with Gasteiger partial charge in [0, 0.05) is 44.2 Å². The molecule has 1 aliphatic heterocycles. The summed E-state index contributed by atoms with van der Waals surface area (Å²) in [5.74, 6) is 1.42. The second-order valence-electron chi connectivity index (χ2n) is 7.11.